The lowest BCUT2D eigenvalue weighted by Crippen LogP contribution is -2.56. The highest BCUT2D eigenvalue weighted by molar-refractivity contribution is 5.92. The molecule has 1 N–H and O–H groups in total. The highest BCUT2D eigenvalue weighted by atomic mass is 16.5. The van der Waals surface area contributed by atoms with E-state index in [2.05, 4.69) is 54.4 Å². The van der Waals surface area contributed by atoms with Gasteiger partial charge in [-0.25, -0.2) is 0 Å². The smallest absolute Gasteiger partial charge is 0.244 e. The number of fused-ring (bicyclic) bond motifs is 1. The second-order valence-electron chi connectivity index (χ2n) is 11.9. The first-order chi connectivity index (χ1) is 16.9. The fourth-order valence-corrected chi connectivity index (χ4v) is 6.59. The van der Waals surface area contributed by atoms with Crippen molar-refractivity contribution < 1.29 is 14.3 Å². The zero-order valence-electron chi connectivity index (χ0n) is 20.8. The number of nitrogens with zero attached hydrogens (tertiary/aromatic N) is 2. The van der Waals surface area contributed by atoms with Crippen LogP contribution in [0.4, 0.5) is 0 Å². The molecule has 3 atom stereocenters. The first kappa shape index (κ1) is 21.7. The summed E-state index contributed by atoms with van der Waals surface area (Å²) in [5.41, 5.74) is 4.83. The topological polar surface area (TPSA) is 61.9 Å². The van der Waals surface area contributed by atoms with Crippen molar-refractivity contribution in [2.75, 3.05) is 19.6 Å². The van der Waals surface area contributed by atoms with Gasteiger partial charge in [-0.2, -0.15) is 0 Å². The molecular weight excluding hydrogens is 438 g/mol. The van der Waals surface area contributed by atoms with Gasteiger partial charge in [0.2, 0.25) is 11.8 Å². The molecule has 3 unspecified atom stereocenters. The Morgan fingerprint density at radius 2 is 2.03 bits per heavy atom. The standard InChI is InChI=1S/C29H35N3O3/c1-17-11-21(22-6-8-25-23(13-22)12-18(2)35-25)5-7-24(17)26-30-29(9-10-29)28(34)32(26)16-19-14-31(15-19)27(33)20-3-4-20/h5-6,8,11,13,18-20,24,26,30H,3-4,7,9-10,12,14-16H2,1-2H3. The van der Waals surface area contributed by atoms with E-state index in [1.807, 2.05) is 4.90 Å². The van der Waals surface area contributed by atoms with Crippen LogP contribution in [0.1, 0.15) is 57.1 Å². The third kappa shape index (κ3) is 3.64. The summed E-state index contributed by atoms with van der Waals surface area (Å²) < 4.78 is 5.88. The van der Waals surface area contributed by atoms with E-state index >= 15 is 0 Å². The van der Waals surface area contributed by atoms with Crippen molar-refractivity contribution in [3.05, 3.63) is 47.1 Å². The van der Waals surface area contributed by atoms with Crippen LogP contribution in [0.3, 0.4) is 0 Å². The number of rotatable bonds is 5. The predicted octanol–water partition coefficient (Wildman–Crippen LogP) is 3.52. The molecule has 0 bridgehead atoms. The van der Waals surface area contributed by atoms with Gasteiger partial charge in [-0.15, -0.1) is 0 Å². The maximum Gasteiger partial charge on any atom is 0.244 e. The summed E-state index contributed by atoms with van der Waals surface area (Å²) in [5.74, 6) is 2.60. The van der Waals surface area contributed by atoms with Crippen LogP contribution in [0.25, 0.3) is 5.57 Å². The lowest BCUT2D eigenvalue weighted by Gasteiger charge is -2.43. The molecule has 1 aromatic carbocycles. The Morgan fingerprint density at radius 3 is 2.74 bits per heavy atom. The average molecular weight is 474 g/mol. The zero-order valence-corrected chi connectivity index (χ0v) is 20.8. The van der Waals surface area contributed by atoms with Gasteiger partial charge >= 0.3 is 0 Å². The number of nitrogens with one attached hydrogen (secondary N) is 1. The molecule has 6 nitrogen and oxygen atoms in total. The van der Waals surface area contributed by atoms with Gasteiger partial charge in [0, 0.05) is 43.8 Å². The Labute approximate surface area is 207 Å². The van der Waals surface area contributed by atoms with Gasteiger partial charge in [0.1, 0.15) is 11.9 Å². The van der Waals surface area contributed by atoms with Gasteiger partial charge < -0.3 is 14.5 Å². The highest BCUT2D eigenvalue weighted by Gasteiger charge is 2.60. The number of likely N-dealkylation sites (tertiary alicyclic amines) is 1. The molecule has 6 heteroatoms. The van der Waals surface area contributed by atoms with Gasteiger partial charge in [0.15, 0.2) is 0 Å². The van der Waals surface area contributed by atoms with Crippen LogP contribution in [0.15, 0.2) is 35.9 Å². The van der Waals surface area contributed by atoms with Crippen molar-refractivity contribution in [2.24, 2.45) is 17.8 Å². The van der Waals surface area contributed by atoms with E-state index in [1.165, 1.54) is 22.3 Å². The van der Waals surface area contributed by atoms with E-state index in [0.29, 0.717) is 11.8 Å². The van der Waals surface area contributed by atoms with Crippen molar-refractivity contribution in [1.29, 1.82) is 0 Å². The first-order valence-corrected chi connectivity index (χ1v) is 13.5. The van der Waals surface area contributed by atoms with Crippen LogP contribution in [0.2, 0.25) is 0 Å². The highest BCUT2D eigenvalue weighted by Crippen LogP contribution is 2.46. The van der Waals surface area contributed by atoms with Gasteiger partial charge in [-0.1, -0.05) is 23.8 Å². The minimum absolute atomic E-state index is 0.0431. The molecule has 3 heterocycles. The van der Waals surface area contributed by atoms with E-state index < -0.39 is 0 Å². The van der Waals surface area contributed by atoms with Crippen LogP contribution in [0.5, 0.6) is 5.75 Å². The van der Waals surface area contributed by atoms with Crippen molar-refractivity contribution in [1.82, 2.24) is 15.1 Å². The molecule has 6 aliphatic rings. The van der Waals surface area contributed by atoms with E-state index in [4.69, 9.17) is 4.74 Å². The molecule has 2 saturated carbocycles. The lowest BCUT2D eigenvalue weighted by molar-refractivity contribution is -0.141. The molecule has 1 aromatic rings. The number of hydrogen-bond donors (Lipinski definition) is 1. The van der Waals surface area contributed by atoms with Gasteiger partial charge in [0.25, 0.3) is 0 Å². The number of benzene rings is 1. The number of allylic oxidation sites excluding steroid dienone is 3. The summed E-state index contributed by atoms with van der Waals surface area (Å²) in [4.78, 5) is 29.9. The second kappa shape index (κ2) is 7.70. The van der Waals surface area contributed by atoms with Crippen LogP contribution < -0.4 is 10.1 Å². The molecule has 2 amide bonds. The Kier molecular flexibility index (Phi) is 4.76. The predicted molar refractivity (Wildman–Crippen MR) is 133 cm³/mol. The van der Waals surface area contributed by atoms with E-state index in [0.717, 1.165) is 63.9 Å². The number of hydrogen-bond acceptors (Lipinski definition) is 4. The van der Waals surface area contributed by atoms with Crippen LogP contribution in [0, 0.1) is 17.8 Å². The number of ether oxygens (including phenoxy) is 1. The van der Waals surface area contributed by atoms with Crippen LogP contribution in [-0.2, 0) is 16.0 Å². The molecule has 7 rings (SSSR count). The molecule has 3 aliphatic heterocycles. The second-order valence-corrected chi connectivity index (χ2v) is 11.9. The molecule has 184 valence electrons. The van der Waals surface area contributed by atoms with Crippen molar-refractivity contribution in [3.8, 4) is 5.75 Å². The molecule has 4 fully saturated rings. The minimum atomic E-state index is -0.321. The number of carbonyl (C=O) groups excluding carboxylic acids is 2. The van der Waals surface area contributed by atoms with Crippen LogP contribution >= 0.6 is 0 Å². The van der Waals surface area contributed by atoms with Crippen molar-refractivity contribution >= 4 is 17.4 Å². The summed E-state index contributed by atoms with van der Waals surface area (Å²) in [5, 5.41) is 3.76. The van der Waals surface area contributed by atoms with Crippen LogP contribution in [-0.4, -0.2) is 59.1 Å². The molecule has 0 radical (unpaired) electrons. The zero-order chi connectivity index (χ0) is 23.9. The van der Waals surface area contributed by atoms with E-state index in [-0.39, 0.29) is 35.6 Å². The average Bonchev–Trinajstić information content (AvgIpc) is 3.72. The molecule has 2 saturated heterocycles. The maximum absolute atomic E-state index is 13.4. The summed E-state index contributed by atoms with van der Waals surface area (Å²) in [6.07, 6.45) is 10.9. The Balaban J connectivity index is 1.06. The Morgan fingerprint density at radius 1 is 1.23 bits per heavy atom. The van der Waals surface area contributed by atoms with E-state index in [1.54, 1.807) is 0 Å². The number of amides is 2. The Hall–Kier alpha value is -2.60. The molecule has 1 spiro atoms. The molecule has 3 aliphatic carbocycles. The summed E-state index contributed by atoms with van der Waals surface area (Å²) in [7, 11) is 0. The van der Waals surface area contributed by atoms with E-state index in [9.17, 15) is 9.59 Å². The third-order valence-corrected chi connectivity index (χ3v) is 9.00. The van der Waals surface area contributed by atoms with Crippen molar-refractivity contribution in [2.45, 2.75) is 70.2 Å². The summed E-state index contributed by atoms with van der Waals surface area (Å²) >= 11 is 0. The third-order valence-electron chi connectivity index (χ3n) is 9.00. The monoisotopic (exact) mass is 473 g/mol. The fraction of sp³-hybridized carbons (Fsp3) is 0.586. The molecule has 35 heavy (non-hydrogen) atoms. The van der Waals surface area contributed by atoms with Gasteiger partial charge in [0.05, 0.1) is 11.7 Å². The lowest BCUT2D eigenvalue weighted by atomic mass is 9.84. The SMILES string of the molecule is CC1=CC(c2ccc3c(c2)CC(C)O3)=CCC1C1NC2(CC2)C(=O)N1CC1CN(C(=O)C2CC2)C1. The number of carbonyl (C=O) groups is 2. The summed E-state index contributed by atoms with van der Waals surface area (Å²) in [6.45, 7) is 6.72. The quantitative estimate of drug-likeness (QED) is 0.711. The first-order valence-electron chi connectivity index (χ1n) is 13.5. The molecular formula is C29H35N3O3. The maximum atomic E-state index is 13.4. The molecule has 0 aromatic heterocycles. The summed E-state index contributed by atoms with van der Waals surface area (Å²) in [6, 6.07) is 6.56. The van der Waals surface area contributed by atoms with Gasteiger partial charge in [-0.3, -0.25) is 14.9 Å². The largest absolute Gasteiger partial charge is 0.490 e. The fourth-order valence-electron chi connectivity index (χ4n) is 6.59. The van der Waals surface area contributed by atoms with Gasteiger partial charge in [-0.05, 0) is 74.8 Å². The Bertz CT molecular complexity index is 1160. The van der Waals surface area contributed by atoms with Crippen molar-refractivity contribution in [3.63, 3.8) is 0 Å². The normalized spacial score (nSPS) is 31.1. The minimum Gasteiger partial charge on any atom is -0.490 e.